The Morgan fingerprint density at radius 2 is 2.00 bits per heavy atom. The lowest BCUT2D eigenvalue weighted by Gasteiger charge is -2.34. The zero-order valence-electron chi connectivity index (χ0n) is 13.8. The van der Waals surface area contributed by atoms with Gasteiger partial charge in [-0.3, -0.25) is 4.90 Å². The van der Waals surface area contributed by atoms with Gasteiger partial charge in [0.05, 0.1) is 0 Å². The van der Waals surface area contributed by atoms with Crippen LogP contribution in [-0.2, 0) is 0 Å². The normalized spacial score (nSPS) is 22.9. The Kier molecular flexibility index (Phi) is 8.72. The molecule has 1 saturated heterocycles. The molecular weight excluding hydrogens is 232 g/mol. The van der Waals surface area contributed by atoms with E-state index in [1.807, 2.05) is 0 Å². The van der Waals surface area contributed by atoms with Crippen molar-refractivity contribution in [1.82, 2.24) is 10.2 Å². The van der Waals surface area contributed by atoms with Crippen molar-refractivity contribution in [3.63, 3.8) is 0 Å². The van der Waals surface area contributed by atoms with Gasteiger partial charge in [0.2, 0.25) is 0 Å². The monoisotopic (exact) mass is 268 g/mol. The molecule has 0 aromatic rings. The molecule has 114 valence electrons. The maximum Gasteiger partial charge on any atom is 0.0195 e. The van der Waals surface area contributed by atoms with Gasteiger partial charge >= 0.3 is 0 Å². The molecule has 1 heterocycles. The minimum absolute atomic E-state index is 0.753. The van der Waals surface area contributed by atoms with Crippen LogP contribution < -0.4 is 5.32 Å². The third-order valence-corrected chi connectivity index (χ3v) is 4.78. The summed E-state index contributed by atoms with van der Waals surface area (Å²) in [6.45, 7) is 13.2. The van der Waals surface area contributed by atoms with E-state index < -0.39 is 0 Å². The summed E-state index contributed by atoms with van der Waals surface area (Å²) in [4.78, 5) is 2.79. The number of hydrogen-bond donors (Lipinski definition) is 1. The maximum atomic E-state index is 3.67. The van der Waals surface area contributed by atoms with Crippen molar-refractivity contribution < 1.29 is 0 Å². The molecule has 1 N–H and O–H groups in total. The minimum Gasteiger partial charge on any atom is -0.313 e. The summed E-state index contributed by atoms with van der Waals surface area (Å²) < 4.78 is 0. The molecule has 0 radical (unpaired) electrons. The molecule has 0 aromatic heterocycles. The van der Waals surface area contributed by atoms with E-state index in [1.54, 1.807) is 0 Å². The average Bonchev–Trinajstić information content (AvgIpc) is 2.93. The second-order valence-corrected chi connectivity index (χ2v) is 6.45. The van der Waals surface area contributed by atoms with Crippen molar-refractivity contribution in [2.75, 3.05) is 19.6 Å². The molecule has 1 aliphatic heterocycles. The second kappa shape index (κ2) is 9.77. The van der Waals surface area contributed by atoms with Crippen LogP contribution in [0.4, 0.5) is 0 Å². The van der Waals surface area contributed by atoms with E-state index in [-0.39, 0.29) is 0 Å². The summed E-state index contributed by atoms with van der Waals surface area (Å²) in [5.74, 6) is 0.866. The zero-order valence-corrected chi connectivity index (χ0v) is 13.8. The Morgan fingerprint density at radius 1 is 1.21 bits per heavy atom. The lowest BCUT2D eigenvalue weighted by molar-refractivity contribution is 0.149. The van der Waals surface area contributed by atoms with Crippen LogP contribution in [-0.4, -0.2) is 36.6 Å². The van der Waals surface area contributed by atoms with Gasteiger partial charge in [-0.2, -0.15) is 0 Å². The van der Waals surface area contributed by atoms with Crippen LogP contribution in [0.1, 0.15) is 72.6 Å². The van der Waals surface area contributed by atoms with E-state index in [0.29, 0.717) is 0 Å². The van der Waals surface area contributed by atoms with Crippen molar-refractivity contribution >= 4 is 0 Å². The fourth-order valence-corrected chi connectivity index (χ4v) is 3.18. The molecular formula is C17H36N2. The van der Waals surface area contributed by atoms with E-state index >= 15 is 0 Å². The maximum absolute atomic E-state index is 3.67. The number of hydrogen-bond acceptors (Lipinski definition) is 2. The van der Waals surface area contributed by atoms with Gasteiger partial charge in [0.1, 0.15) is 0 Å². The molecule has 3 unspecified atom stereocenters. The van der Waals surface area contributed by atoms with Gasteiger partial charge in [0.15, 0.2) is 0 Å². The van der Waals surface area contributed by atoms with E-state index in [2.05, 4.69) is 37.9 Å². The topological polar surface area (TPSA) is 15.3 Å². The molecule has 2 heteroatoms. The Labute approximate surface area is 121 Å². The standard InChI is InChI=1S/C17H36N2/c1-5-8-12-19(14-16-10-9-11-18-16)17(7-3)13-15(4)6-2/h15-18H,5-14H2,1-4H3. The second-order valence-electron chi connectivity index (χ2n) is 6.45. The molecule has 0 spiro atoms. The summed E-state index contributed by atoms with van der Waals surface area (Å²) in [5, 5.41) is 3.67. The van der Waals surface area contributed by atoms with Crippen LogP contribution in [0, 0.1) is 5.92 Å². The molecule has 0 saturated carbocycles. The van der Waals surface area contributed by atoms with Crippen molar-refractivity contribution in [1.29, 1.82) is 0 Å². The first-order valence-corrected chi connectivity index (χ1v) is 8.68. The molecule has 0 aromatic carbocycles. The van der Waals surface area contributed by atoms with Crippen molar-refractivity contribution in [2.45, 2.75) is 84.7 Å². The summed E-state index contributed by atoms with van der Waals surface area (Å²) >= 11 is 0. The van der Waals surface area contributed by atoms with Gasteiger partial charge in [-0.1, -0.05) is 40.5 Å². The minimum atomic E-state index is 0.753. The number of rotatable bonds is 10. The highest BCUT2D eigenvalue weighted by Crippen LogP contribution is 2.20. The summed E-state index contributed by atoms with van der Waals surface area (Å²) in [6, 6.07) is 1.55. The SMILES string of the molecule is CCCCN(CC1CCCN1)C(CC)CC(C)CC. The lowest BCUT2D eigenvalue weighted by atomic mass is 9.96. The number of nitrogens with zero attached hydrogens (tertiary/aromatic N) is 1. The third kappa shape index (κ3) is 6.27. The molecule has 1 fully saturated rings. The molecule has 0 amide bonds. The fourth-order valence-electron chi connectivity index (χ4n) is 3.18. The van der Waals surface area contributed by atoms with E-state index in [4.69, 9.17) is 0 Å². The van der Waals surface area contributed by atoms with Gasteiger partial charge in [0.25, 0.3) is 0 Å². The Morgan fingerprint density at radius 3 is 2.53 bits per heavy atom. The molecule has 1 aliphatic rings. The van der Waals surface area contributed by atoms with Crippen LogP contribution in [0.3, 0.4) is 0 Å². The first-order chi connectivity index (χ1) is 9.21. The molecule has 0 bridgehead atoms. The predicted molar refractivity (Wildman–Crippen MR) is 85.7 cm³/mol. The predicted octanol–water partition coefficient (Wildman–Crippen LogP) is 4.06. The highest BCUT2D eigenvalue weighted by Gasteiger charge is 2.23. The molecule has 0 aliphatic carbocycles. The summed E-state index contributed by atoms with van der Waals surface area (Å²) in [7, 11) is 0. The van der Waals surface area contributed by atoms with Gasteiger partial charge in [0, 0.05) is 18.6 Å². The van der Waals surface area contributed by atoms with E-state index in [1.165, 1.54) is 64.6 Å². The van der Waals surface area contributed by atoms with Crippen LogP contribution in [0.5, 0.6) is 0 Å². The molecule has 19 heavy (non-hydrogen) atoms. The Hall–Kier alpha value is -0.0800. The first kappa shape index (κ1) is 17.0. The van der Waals surface area contributed by atoms with Gasteiger partial charge in [-0.25, -0.2) is 0 Å². The van der Waals surface area contributed by atoms with Crippen molar-refractivity contribution in [3.05, 3.63) is 0 Å². The Balaban J connectivity index is 2.51. The lowest BCUT2D eigenvalue weighted by Crippen LogP contribution is -2.44. The quantitative estimate of drug-likeness (QED) is 0.643. The van der Waals surface area contributed by atoms with Crippen LogP contribution in [0.25, 0.3) is 0 Å². The highest BCUT2D eigenvalue weighted by molar-refractivity contribution is 4.81. The largest absolute Gasteiger partial charge is 0.313 e. The van der Waals surface area contributed by atoms with Crippen molar-refractivity contribution in [3.8, 4) is 0 Å². The highest BCUT2D eigenvalue weighted by atomic mass is 15.2. The van der Waals surface area contributed by atoms with E-state index in [0.717, 1.165) is 18.0 Å². The molecule has 3 atom stereocenters. The fraction of sp³-hybridized carbons (Fsp3) is 1.00. The number of unbranched alkanes of at least 4 members (excludes halogenated alkanes) is 1. The van der Waals surface area contributed by atoms with Crippen LogP contribution >= 0.6 is 0 Å². The average molecular weight is 268 g/mol. The van der Waals surface area contributed by atoms with Gasteiger partial charge in [-0.05, 0) is 51.1 Å². The molecule has 1 rings (SSSR count). The van der Waals surface area contributed by atoms with Crippen LogP contribution in [0.15, 0.2) is 0 Å². The van der Waals surface area contributed by atoms with Gasteiger partial charge in [-0.15, -0.1) is 0 Å². The van der Waals surface area contributed by atoms with Crippen molar-refractivity contribution in [2.24, 2.45) is 5.92 Å². The van der Waals surface area contributed by atoms with Crippen LogP contribution in [0.2, 0.25) is 0 Å². The third-order valence-electron chi connectivity index (χ3n) is 4.78. The van der Waals surface area contributed by atoms with Gasteiger partial charge < -0.3 is 5.32 Å². The van der Waals surface area contributed by atoms with E-state index in [9.17, 15) is 0 Å². The number of nitrogens with one attached hydrogen (secondary N) is 1. The Bertz CT molecular complexity index is 211. The zero-order chi connectivity index (χ0) is 14.1. The summed E-state index contributed by atoms with van der Waals surface area (Å²) in [5.41, 5.74) is 0. The molecule has 2 nitrogen and oxygen atoms in total. The smallest absolute Gasteiger partial charge is 0.0195 e. The summed E-state index contributed by atoms with van der Waals surface area (Å²) in [6.07, 6.45) is 9.42. The first-order valence-electron chi connectivity index (χ1n) is 8.68.